The van der Waals surface area contributed by atoms with E-state index >= 15 is 0 Å². The lowest BCUT2D eigenvalue weighted by Crippen LogP contribution is -2.28. The van der Waals surface area contributed by atoms with E-state index in [-0.39, 0.29) is 0 Å². The zero-order valence-corrected chi connectivity index (χ0v) is 11.1. The van der Waals surface area contributed by atoms with Crippen LogP contribution in [0.3, 0.4) is 0 Å². The van der Waals surface area contributed by atoms with Gasteiger partial charge >= 0.3 is 0 Å². The van der Waals surface area contributed by atoms with Gasteiger partial charge < -0.3 is 10.1 Å². The van der Waals surface area contributed by atoms with Gasteiger partial charge in [-0.2, -0.15) is 0 Å². The topological polar surface area (TPSA) is 21.3 Å². The zero-order chi connectivity index (χ0) is 12.2. The maximum atomic E-state index is 5.55. The zero-order valence-electron chi connectivity index (χ0n) is 11.1. The van der Waals surface area contributed by atoms with Crippen molar-refractivity contribution in [2.24, 2.45) is 0 Å². The Morgan fingerprint density at radius 1 is 1.22 bits per heavy atom. The minimum atomic E-state index is 0.733. The van der Waals surface area contributed by atoms with Gasteiger partial charge in [0.2, 0.25) is 0 Å². The lowest BCUT2D eigenvalue weighted by molar-refractivity contribution is 0.357. The number of hydrogen-bond donors (Lipinski definition) is 1. The molecule has 2 aliphatic rings. The average molecular weight is 245 g/mol. The van der Waals surface area contributed by atoms with Crippen molar-refractivity contribution < 1.29 is 4.74 Å². The summed E-state index contributed by atoms with van der Waals surface area (Å²) in [5, 5.41) is 3.68. The summed E-state index contributed by atoms with van der Waals surface area (Å²) >= 11 is 0. The van der Waals surface area contributed by atoms with Gasteiger partial charge in [0.25, 0.3) is 0 Å². The van der Waals surface area contributed by atoms with Gasteiger partial charge in [-0.1, -0.05) is 25.0 Å². The fraction of sp³-hybridized carbons (Fsp3) is 0.625. The molecule has 98 valence electrons. The Balaban J connectivity index is 1.56. The van der Waals surface area contributed by atoms with Gasteiger partial charge in [-0.15, -0.1) is 0 Å². The molecule has 1 aromatic rings. The van der Waals surface area contributed by atoms with Crippen LogP contribution in [-0.4, -0.2) is 19.2 Å². The third kappa shape index (κ3) is 2.86. The van der Waals surface area contributed by atoms with Crippen molar-refractivity contribution in [3.63, 3.8) is 0 Å². The largest absolute Gasteiger partial charge is 0.493 e. The Kier molecular flexibility index (Phi) is 3.84. The summed E-state index contributed by atoms with van der Waals surface area (Å²) in [5.41, 5.74) is 2.88. The number of aryl methyl sites for hydroxylation is 1. The van der Waals surface area contributed by atoms with E-state index in [9.17, 15) is 0 Å². The van der Waals surface area contributed by atoms with E-state index < -0.39 is 0 Å². The highest BCUT2D eigenvalue weighted by molar-refractivity contribution is 5.39. The van der Waals surface area contributed by atoms with Gasteiger partial charge in [0.05, 0.1) is 6.61 Å². The number of rotatable bonds is 3. The fourth-order valence-corrected chi connectivity index (χ4v) is 3.08. The van der Waals surface area contributed by atoms with Crippen molar-refractivity contribution in [2.75, 3.05) is 13.2 Å². The van der Waals surface area contributed by atoms with Crippen molar-refractivity contribution in [2.45, 2.75) is 51.0 Å². The van der Waals surface area contributed by atoms with Crippen LogP contribution in [0.4, 0.5) is 0 Å². The van der Waals surface area contributed by atoms with Gasteiger partial charge in [-0.05, 0) is 49.4 Å². The highest BCUT2D eigenvalue weighted by atomic mass is 16.5. The molecule has 0 aliphatic carbocycles. The standard InChI is InChI=1S/C16H23NO/c1-2-4-15(17-10-3-1)7-5-13-6-8-16-14(12-13)9-11-18-16/h6,8,12,15,17H,1-5,7,9-11H2. The Morgan fingerprint density at radius 2 is 2.22 bits per heavy atom. The van der Waals surface area contributed by atoms with Gasteiger partial charge in [0.15, 0.2) is 0 Å². The van der Waals surface area contributed by atoms with Crippen molar-refractivity contribution in [1.29, 1.82) is 0 Å². The molecule has 1 saturated heterocycles. The molecule has 1 unspecified atom stereocenters. The fourth-order valence-electron chi connectivity index (χ4n) is 3.08. The Morgan fingerprint density at radius 3 is 3.22 bits per heavy atom. The van der Waals surface area contributed by atoms with E-state index in [0.717, 1.165) is 24.8 Å². The minimum absolute atomic E-state index is 0.733. The summed E-state index contributed by atoms with van der Waals surface area (Å²) < 4.78 is 5.55. The first-order chi connectivity index (χ1) is 8.92. The summed E-state index contributed by atoms with van der Waals surface area (Å²) in [7, 11) is 0. The summed E-state index contributed by atoms with van der Waals surface area (Å²) in [4.78, 5) is 0. The molecule has 0 amide bonds. The average Bonchev–Trinajstić information content (AvgIpc) is 2.70. The highest BCUT2D eigenvalue weighted by Gasteiger charge is 2.14. The van der Waals surface area contributed by atoms with E-state index in [1.165, 1.54) is 56.2 Å². The van der Waals surface area contributed by atoms with Crippen LogP contribution in [0.15, 0.2) is 18.2 Å². The van der Waals surface area contributed by atoms with Crippen molar-refractivity contribution in [3.8, 4) is 5.75 Å². The SMILES string of the molecule is c1cc2c(cc1CCC1CCCCCN1)CCO2. The first kappa shape index (κ1) is 12.0. The van der Waals surface area contributed by atoms with Crippen LogP contribution in [0.2, 0.25) is 0 Å². The first-order valence-electron chi connectivity index (χ1n) is 7.40. The molecular weight excluding hydrogens is 222 g/mol. The molecule has 0 aromatic heterocycles. The third-order valence-corrected chi connectivity index (χ3v) is 4.20. The summed E-state index contributed by atoms with van der Waals surface area (Å²) in [5.74, 6) is 1.10. The predicted molar refractivity (Wildman–Crippen MR) is 74.2 cm³/mol. The van der Waals surface area contributed by atoms with Crippen molar-refractivity contribution in [1.82, 2.24) is 5.32 Å². The maximum Gasteiger partial charge on any atom is 0.122 e. The number of nitrogens with one attached hydrogen (secondary N) is 1. The molecule has 0 spiro atoms. The molecule has 1 aromatic carbocycles. The van der Waals surface area contributed by atoms with E-state index in [4.69, 9.17) is 4.74 Å². The maximum absolute atomic E-state index is 5.55. The molecule has 18 heavy (non-hydrogen) atoms. The molecule has 1 atom stereocenters. The predicted octanol–water partition coefficient (Wildman–Crippen LogP) is 3.09. The molecule has 3 rings (SSSR count). The smallest absolute Gasteiger partial charge is 0.122 e. The van der Waals surface area contributed by atoms with Crippen molar-refractivity contribution >= 4 is 0 Å². The van der Waals surface area contributed by atoms with Gasteiger partial charge in [0, 0.05) is 12.5 Å². The van der Waals surface area contributed by atoms with Crippen LogP contribution in [0, 0.1) is 0 Å². The molecule has 0 saturated carbocycles. The highest BCUT2D eigenvalue weighted by Crippen LogP contribution is 2.26. The summed E-state index contributed by atoms with van der Waals surface area (Å²) in [6, 6.07) is 7.47. The van der Waals surface area contributed by atoms with Crippen LogP contribution in [-0.2, 0) is 12.8 Å². The molecule has 0 radical (unpaired) electrons. The van der Waals surface area contributed by atoms with Crippen LogP contribution >= 0.6 is 0 Å². The number of fused-ring (bicyclic) bond motifs is 1. The lowest BCUT2D eigenvalue weighted by Gasteiger charge is -2.15. The van der Waals surface area contributed by atoms with Crippen LogP contribution in [0.1, 0.15) is 43.2 Å². The number of benzene rings is 1. The summed E-state index contributed by atoms with van der Waals surface area (Å²) in [6.07, 6.45) is 9.07. The first-order valence-corrected chi connectivity index (χ1v) is 7.40. The van der Waals surface area contributed by atoms with Gasteiger partial charge in [-0.25, -0.2) is 0 Å². The van der Waals surface area contributed by atoms with E-state index in [1.54, 1.807) is 0 Å². The molecule has 2 heterocycles. The Hall–Kier alpha value is -1.02. The molecule has 0 bridgehead atoms. The quantitative estimate of drug-likeness (QED) is 0.883. The number of ether oxygens (including phenoxy) is 1. The van der Waals surface area contributed by atoms with Gasteiger partial charge in [0.1, 0.15) is 5.75 Å². The molecule has 1 fully saturated rings. The summed E-state index contributed by atoms with van der Waals surface area (Å²) in [6.45, 7) is 2.08. The van der Waals surface area contributed by atoms with E-state index in [1.807, 2.05) is 0 Å². The Bertz CT molecular complexity index is 394. The normalized spacial score (nSPS) is 23.2. The van der Waals surface area contributed by atoms with Crippen LogP contribution in [0.5, 0.6) is 5.75 Å². The van der Waals surface area contributed by atoms with Crippen LogP contribution < -0.4 is 10.1 Å². The molecular formula is C16H23NO. The molecule has 2 heteroatoms. The van der Waals surface area contributed by atoms with Crippen molar-refractivity contribution in [3.05, 3.63) is 29.3 Å². The second-order valence-corrected chi connectivity index (χ2v) is 5.58. The molecule has 1 N–H and O–H groups in total. The minimum Gasteiger partial charge on any atom is -0.493 e. The van der Waals surface area contributed by atoms with E-state index in [2.05, 4.69) is 23.5 Å². The number of hydrogen-bond acceptors (Lipinski definition) is 2. The second-order valence-electron chi connectivity index (χ2n) is 5.58. The second kappa shape index (κ2) is 5.75. The monoisotopic (exact) mass is 245 g/mol. The lowest BCUT2D eigenvalue weighted by atomic mass is 10.00. The Labute approximate surface area is 110 Å². The molecule has 2 nitrogen and oxygen atoms in total. The van der Waals surface area contributed by atoms with Gasteiger partial charge in [-0.3, -0.25) is 0 Å². The van der Waals surface area contributed by atoms with E-state index in [0.29, 0.717) is 0 Å². The molecule has 2 aliphatic heterocycles. The van der Waals surface area contributed by atoms with Crippen LogP contribution in [0.25, 0.3) is 0 Å². The third-order valence-electron chi connectivity index (χ3n) is 4.20.